The van der Waals surface area contributed by atoms with Gasteiger partial charge in [-0.05, 0) is 37.5 Å². The van der Waals surface area contributed by atoms with Crippen LogP contribution in [0.4, 0.5) is 5.82 Å². The quantitative estimate of drug-likeness (QED) is 0.865. The first-order valence-corrected chi connectivity index (χ1v) is 7.43. The van der Waals surface area contributed by atoms with E-state index in [0.29, 0.717) is 6.04 Å². The second kappa shape index (κ2) is 6.16. The van der Waals surface area contributed by atoms with E-state index in [0.717, 1.165) is 25.5 Å². The number of hydrogen-bond donors (Lipinski definition) is 1. The highest BCUT2D eigenvalue weighted by atomic mass is 32.1. The van der Waals surface area contributed by atoms with Gasteiger partial charge in [0.1, 0.15) is 5.82 Å². The van der Waals surface area contributed by atoms with Gasteiger partial charge in [-0.3, -0.25) is 0 Å². The number of hydrogen-bond acceptors (Lipinski definition) is 4. The average molecular weight is 263 g/mol. The zero-order valence-corrected chi connectivity index (χ0v) is 12.1. The highest BCUT2D eigenvalue weighted by Crippen LogP contribution is 2.26. The lowest BCUT2D eigenvalue weighted by Crippen LogP contribution is -2.34. The normalized spacial score (nSPS) is 13.1. The first-order chi connectivity index (χ1) is 8.74. The van der Waals surface area contributed by atoms with Crippen LogP contribution in [0.5, 0.6) is 0 Å². The molecule has 4 heteroatoms. The summed E-state index contributed by atoms with van der Waals surface area (Å²) >= 11 is 1.76. The van der Waals surface area contributed by atoms with E-state index in [2.05, 4.69) is 53.5 Å². The van der Waals surface area contributed by atoms with Crippen molar-refractivity contribution >= 4 is 27.2 Å². The standard InChI is InChI=1S/C14H21N3S/c1-4-17(5-2)10-11(3)16-14-12-7-9-18-13(12)6-8-15-14/h6-9,11H,4-5,10H2,1-3H3,(H,15,16). The van der Waals surface area contributed by atoms with Crippen LogP contribution in [0.25, 0.3) is 10.1 Å². The Hall–Kier alpha value is -1.13. The van der Waals surface area contributed by atoms with E-state index in [1.807, 2.05) is 6.20 Å². The van der Waals surface area contributed by atoms with Gasteiger partial charge in [0.2, 0.25) is 0 Å². The second-order valence-electron chi connectivity index (χ2n) is 4.52. The topological polar surface area (TPSA) is 28.2 Å². The number of likely N-dealkylation sites (N-methyl/N-ethyl adjacent to an activating group) is 1. The van der Waals surface area contributed by atoms with Crippen molar-refractivity contribution in [3.05, 3.63) is 23.7 Å². The maximum atomic E-state index is 4.46. The highest BCUT2D eigenvalue weighted by molar-refractivity contribution is 7.17. The second-order valence-corrected chi connectivity index (χ2v) is 5.47. The largest absolute Gasteiger partial charge is 0.366 e. The summed E-state index contributed by atoms with van der Waals surface area (Å²) in [6.45, 7) is 9.86. The zero-order chi connectivity index (χ0) is 13.0. The lowest BCUT2D eigenvalue weighted by Gasteiger charge is -2.23. The van der Waals surface area contributed by atoms with Crippen molar-refractivity contribution in [3.8, 4) is 0 Å². The minimum Gasteiger partial charge on any atom is -0.366 e. The van der Waals surface area contributed by atoms with Crippen LogP contribution < -0.4 is 5.32 Å². The zero-order valence-electron chi connectivity index (χ0n) is 11.3. The van der Waals surface area contributed by atoms with Gasteiger partial charge < -0.3 is 10.2 Å². The fourth-order valence-electron chi connectivity index (χ4n) is 2.16. The van der Waals surface area contributed by atoms with Crippen LogP contribution in [0.1, 0.15) is 20.8 Å². The maximum Gasteiger partial charge on any atom is 0.134 e. The number of aromatic nitrogens is 1. The Morgan fingerprint density at radius 3 is 2.83 bits per heavy atom. The van der Waals surface area contributed by atoms with Gasteiger partial charge >= 0.3 is 0 Å². The Bertz CT molecular complexity index is 490. The molecule has 2 rings (SSSR count). The first kappa shape index (κ1) is 13.3. The predicted octanol–water partition coefficient (Wildman–Crippen LogP) is 3.44. The summed E-state index contributed by atoms with van der Waals surface area (Å²) < 4.78 is 1.29. The van der Waals surface area contributed by atoms with Gasteiger partial charge in [-0.25, -0.2) is 4.98 Å². The van der Waals surface area contributed by atoms with Crippen molar-refractivity contribution < 1.29 is 0 Å². The molecule has 2 aromatic heterocycles. The van der Waals surface area contributed by atoms with Crippen LogP contribution in [-0.4, -0.2) is 35.6 Å². The molecule has 0 aliphatic rings. The molecule has 0 spiro atoms. The van der Waals surface area contributed by atoms with Gasteiger partial charge in [0, 0.05) is 28.9 Å². The molecule has 2 aromatic rings. The Kier molecular flexibility index (Phi) is 4.55. The van der Waals surface area contributed by atoms with Crippen molar-refractivity contribution in [2.24, 2.45) is 0 Å². The molecule has 0 aliphatic heterocycles. The Balaban J connectivity index is 2.06. The molecule has 0 fully saturated rings. The number of thiophene rings is 1. The number of anilines is 1. The molecule has 0 amide bonds. The van der Waals surface area contributed by atoms with Crippen molar-refractivity contribution in [2.75, 3.05) is 25.0 Å². The fraction of sp³-hybridized carbons (Fsp3) is 0.500. The van der Waals surface area contributed by atoms with Gasteiger partial charge in [0.25, 0.3) is 0 Å². The Morgan fingerprint density at radius 2 is 2.11 bits per heavy atom. The third kappa shape index (κ3) is 3.00. The van der Waals surface area contributed by atoms with Gasteiger partial charge in [-0.2, -0.15) is 0 Å². The van der Waals surface area contributed by atoms with Gasteiger partial charge in [-0.1, -0.05) is 13.8 Å². The molecule has 1 unspecified atom stereocenters. The van der Waals surface area contributed by atoms with Crippen LogP contribution in [0.3, 0.4) is 0 Å². The van der Waals surface area contributed by atoms with Crippen molar-refractivity contribution in [1.82, 2.24) is 9.88 Å². The molecular weight excluding hydrogens is 242 g/mol. The predicted molar refractivity (Wildman–Crippen MR) is 80.5 cm³/mol. The third-order valence-electron chi connectivity index (χ3n) is 3.19. The monoisotopic (exact) mass is 263 g/mol. The van der Waals surface area contributed by atoms with E-state index in [-0.39, 0.29) is 0 Å². The van der Waals surface area contributed by atoms with Gasteiger partial charge in [-0.15, -0.1) is 11.3 Å². The Morgan fingerprint density at radius 1 is 1.33 bits per heavy atom. The SMILES string of the molecule is CCN(CC)CC(C)Nc1nccc2sccc12. The first-order valence-electron chi connectivity index (χ1n) is 6.55. The summed E-state index contributed by atoms with van der Waals surface area (Å²) in [7, 11) is 0. The van der Waals surface area contributed by atoms with E-state index in [4.69, 9.17) is 0 Å². The van der Waals surface area contributed by atoms with Crippen molar-refractivity contribution in [1.29, 1.82) is 0 Å². The van der Waals surface area contributed by atoms with Gasteiger partial charge in [0.15, 0.2) is 0 Å². The highest BCUT2D eigenvalue weighted by Gasteiger charge is 2.09. The summed E-state index contributed by atoms with van der Waals surface area (Å²) in [5.74, 6) is 1.01. The molecule has 2 heterocycles. The summed E-state index contributed by atoms with van der Waals surface area (Å²) in [4.78, 5) is 6.88. The van der Waals surface area contributed by atoms with Crippen LogP contribution in [0, 0.1) is 0 Å². The van der Waals surface area contributed by atoms with Crippen molar-refractivity contribution in [3.63, 3.8) is 0 Å². The van der Waals surface area contributed by atoms with Gasteiger partial charge in [0.05, 0.1) is 0 Å². The lowest BCUT2D eigenvalue weighted by molar-refractivity contribution is 0.294. The Labute approximate surface area is 113 Å². The van der Waals surface area contributed by atoms with Crippen LogP contribution in [0.2, 0.25) is 0 Å². The van der Waals surface area contributed by atoms with Crippen molar-refractivity contribution in [2.45, 2.75) is 26.8 Å². The minimum absolute atomic E-state index is 0.405. The van der Waals surface area contributed by atoms with E-state index in [1.165, 1.54) is 10.1 Å². The van der Waals surface area contributed by atoms with Crippen LogP contribution >= 0.6 is 11.3 Å². The summed E-state index contributed by atoms with van der Waals surface area (Å²) in [5.41, 5.74) is 0. The summed E-state index contributed by atoms with van der Waals surface area (Å²) in [5, 5.41) is 6.87. The minimum atomic E-state index is 0.405. The molecule has 1 atom stereocenters. The maximum absolute atomic E-state index is 4.46. The number of nitrogens with zero attached hydrogens (tertiary/aromatic N) is 2. The van der Waals surface area contributed by atoms with Crippen LogP contribution in [0.15, 0.2) is 23.7 Å². The molecule has 1 N–H and O–H groups in total. The van der Waals surface area contributed by atoms with E-state index >= 15 is 0 Å². The lowest BCUT2D eigenvalue weighted by atomic mass is 10.2. The molecule has 98 valence electrons. The molecular formula is C14H21N3S. The molecule has 0 saturated heterocycles. The number of fused-ring (bicyclic) bond motifs is 1. The summed E-state index contributed by atoms with van der Waals surface area (Å²) in [6, 6.07) is 4.61. The molecule has 3 nitrogen and oxygen atoms in total. The molecule has 0 radical (unpaired) electrons. The van der Waals surface area contributed by atoms with E-state index in [1.54, 1.807) is 11.3 Å². The number of pyridine rings is 1. The molecule has 0 aliphatic carbocycles. The summed E-state index contributed by atoms with van der Waals surface area (Å²) in [6.07, 6.45) is 1.88. The fourth-order valence-corrected chi connectivity index (χ4v) is 2.94. The number of rotatable bonds is 6. The van der Waals surface area contributed by atoms with E-state index in [9.17, 15) is 0 Å². The molecule has 18 heavy (non-hydrogen) atoms. The molecule has 0 saturated carbocycles. The average Bonchev–Trinajstić information content (AvgIpc) is 2.85. The smallest absolute Gasteiger partial charge is 0.134 e. The van der Waals surface area contributed by atoms with E-state index < -0.39 is 0 Å². The number of nitrogens with one attached hydrogen (secondary N) is 1. The third-order valence-corrected chi connectivity index (χ3v) is 4.07. The molecule has 0 bridgehead atoms. The molecule has 0 aromatic carbocycles. The van der Waals surface area contributed by atoms with Crippen LogP contribution in [-0.2, 0) is 0 Å².